The number of esters is 1. The molecule has 0 unspecified atom stereocenters. The third-order valence-electron chi connectivity index (χ3n) is 4.74. The Morgan fingerprint density at radius 1 is 0.897 bits per heavy atom. The molecule has 3 aromatic rings. The number of carbonyl (C=O) groups excluding carboxylic acids is 2. The van der Waals surface area contributed by atoms with Crippen LogP contribution in [0, 0.1) is 0 Å². The molecule has 3 aromatic carbocycles. The van der Waals surface area contributed by atoms with Gasteiger partial charge in [0.05, 0.1) is 12.7 Å². The average molecular weight is 388 g/mol. The Morgan fingerprint density at radius 3 is 2.34 bits per heavy atom. The van der Waals surface area contributed by atoms with Crippen molar-refractivity contribution in [1.29, 1.82) is 0 Å². The Hall–Kier alpha value is -3.40. The van der Waals surface area contributed by atoms with Crippen LogP contribution in [0.2, 0.25) is 0 Å². The zero-order valence-electron chi connectivity index (χ0n) is 16.5. The number of aldehydes is 1. The Labute approximate surface area is 171 Å². The lowest BCUT2D eigenvalue weighted by atomic mass is 10.0. The van der Waals surface area contributed by atoms with Gasteiger partial charge in [0.1, 0.15) is 18.6 Å². The summed E-state index contributed by atoms with van der Waals surface area (Å²) in [6, 6.07) is 23.0. The van der Waals surface area contributed by atoms with Gasteiger partial charge in [0.2, 0.25) is 0 Å². The minimum Gasteiger partial charge on any atom is -0.489 e. The number of benzene rings is 3. The molecule has 0 aliphatic rings. The Balaban J connectivity index is 1.62. The molecule has 0 saturated carbocycles. The van der Waals surface area contributed by atoms with Crippen LogP contribution in [-0.4, -0.2) is 19.4 Å². The van der Waals surface area contributed by atoms with Crippen molar-refractivity contribution in [3.8, 4) is 5.75 Å². The van der Waals surface area contributed by atoms with Crippen LogP contribution in [0.3, 0.4) is 0 Å². The van der Waals surface area contributed by atoms with E-state index in [4.69, 9.17) is 9.47 Å². The fourth-order valence-electron chi connectivity index (χ4n) is 3.15. The molecule has 0 saturated heterocycles. The van der Waals surface area contributed by atoms with Gasteiger partial charge in [-0.2, -0.15) is 0 Å². The first-order valence-corrected chi connectivity index (χ1v) is 9.61. The fourth-order valence-corrected chi connectivity index (χ4v) is 3.15. The highest BCUT2D eigenvalue weighted by molar-refractivity contribution is 5.89. The normalized spacial score (nSPS) is 10.4. The van der Waals surface area contributed by atoms with Gasteiger partial charge in [0.15, 0.2) is 0 Å². The van der Waals surface area contributed by atoms with Gasteiger partial charge in [0.25, 0.3) is 0 Å². The summed E-state index contributed by atoms with van der Waals surface area (Å²) in [5.74, 6) is 0.475. The van der Waals surface area contributed by atoms with E-state index in [-0.39, 0.29) is 5.97 Å². The van der Waals surface area contributed by atoms with E-state index in [0.717, 1.165) is 48.0 Å². The van der Waals surface area contributed by atoms with Crippen LogP contribution >= 0.6 is 0 Å². The minimum atomic E-state index is -0.331. The van der Waals surface area contributed by atoms with Crippen LogP contribution < -0.4 is 4.74 Å². The SMILES string of the molecule is COC(=O)c1ccc(CCCc2cc(C=O)ccc2OCc2ccccc2)cc1. The van der Waals surface area contributed by atoms with Crippen molar-refractivity contribution in [2.75, 3.05) is 7.11 Å². The first kappa shape index (κ1) is 20.3. The smallest absolute Gasteiger partial charge is 0.337 e. The van der Waals surface area contributed by atoms with Gasteiger partial charge in [0, 0.05) is 5.56 Å². The van der Waals surface area contributed by atoms with E-state index in [0.29, 0.717) is 17.7 Å². The van der Waals surface area contributed by atoms with Crippen LogP contribution in [0.5, 0.6) is 5.75 Å². The van der Waals surface area contributed by atoms with Crippen LogP contribution in [0.4, 0.5) is 0 Å². The number of carbonyl (C=O) groups is 2. The lowest BCUT2D eigenvalue weighted by molar-refractivity contribution is 0.0600. The molecule has 0 aliphatic heterocycles. The molecule has 0 heterocycles. The topological polar surface area (TPSA) is 52.6 Å². The average Bonchev–Trinajstić information content (AvgIpc) is 2.78. The highest BCUT2D eigenvalue weighted by Crippen LogP contribution is 2.23. The molecule has 4 heteroatoms. The second kappa shape index (κ2) is 10.2. The molecule has 3 rings (SSSR count). The van der Waals surface area contributed by atoms with Crippen molar-refractivity contribution in [3.05, 3.63) is 101 Å². The zero-order valence-corrected chi connectivity index (χ0v) is 16.5. The predicted octanol–water partition coefficient (Wildman–Crippen LogP) is 5.04. The number of aryl methyl sites for hydroxylation is 2. The lowest BCUT2D eigenvalue weighted by Crippen LogP contribution is -2.02. The predicted molar refractivity (Wildman–Crippen MR) is 112 cm³/mol. The van der Waals surface area contributed by atoms with E-state index < -0.39 is 0 Å². The van der Waals surface area contributed by atoms with Crippen LogP contribution in [-0.2, 0) is 24.2 Å². The molecule has 0 aromatic heterocycles. The molecular weight excluding hydrogens is 364 g/mol. The third-order valence-corrected chi connectivity index (χ3v) is 4.74. The summed E-state index contributed by atoms with van der Waals surface area (Å²) in [5.41, 5.74) is 4.47. The number of hydrogen-bond donors (Lipinski definition) is 0. The molecule has 148 valence electrons. The van der Waals surface area contributed by atoms with Gasteiger partial charge in [-0.15, -0.1) is 0 Å². The third kappa shape index (κ3) is 5.79. The summed E-state index contributed by atoms with van der Waals surface area (Å²) in [5, 5.41) is 0. The molecule has 0 fully saturated rings. The van der Waals surface area contributed by atoms with E-state index in [2.05, 4.69) is 0 Å². The van der Waals surface area contributed by atoms with Gasteiger partial charge >= 0.3 is 5.97 Å². The maximum Gasteiger partial charge on any atom is 0.337 e. The second-order valence-corrected chi connectivity index (χ2v) is 6.80. The number of hydrogen-bond acceptors (Lipinski definition) is 4. The van der Waals surface area contributed by atoms with E-state index in [9.17, 15) is 9.59 Å². The molecule has 0 N–H and O–H groups in total. The van der Waals surface area contributed by atoms with Gasteiger partial charge in [-0.25, -0.2) is 4.79 Å². The van der Waals surface area contributed by atoms with Crippen molar-refractivity contribution in [1.82, 2.24) is 0 Å². The molecule has 0 aliphatic carbocycles. The zero-order chi connectivity index (χ0) is 20.5. The maximum absolute atomic E-state index is 11.5. The van der Waals surface area contributed by atoms with Gasteiger partial charge < -0.3 is 9.47 Å². The largest absolute Gasteiger partial charge is 0.489 e. The molecule has 29 heavy (non-hydrogen) atoms. The quantitative estimate of drug-likeness (QED) is 0.381. The summed E-state index contributed by atoms with van der Waals surface area (Å²) in [6.07, 6.45) is 3.42. The number of ether oxygens (including phenoxy) is 2. The molecule has 0 atom stereocenters. The van der Waals surface area contributed by atoms with Gasteiger partial charge in [-0.05, 0) is 66.3 Å². The van der Waals surface area contributed by atoms with Crippen molar-refractivity contribution >= 4 is 12.3 Å². The minimum absolute atomic E-state index is 0.331. The monoisotopic (exact) mass is 388 g/mol. The first-order chi connectivity index (χ1) is 14.2. The molecule has 0 amide bonds. The molecule has 4 nitrogen and oxygen atoms in total. The van der Waals surface area contributed by atoms with E-state index in [1.54, 1.807) is 18.2 Å². The number of rotatable bonds is 9. The van der Waals surface area contributed by atoms with Crippen molar-refractivity contribution < 1.29 is 19.1 Å². The second-order valence-electron chi connectivity index (χ2n) is 6.80. The summed E-state index contributed by atoms with van der Waals surface area (Å²) < 4.78 is 10.7. The van der Waals surface area contributed by atoms with Crippen molar-refractivity contribution in [2.45, 2.75) is 25.9 Å². The summed E-state index contributed by atoms with van der Waals surface area (Å²) in [7, 11) is 1.38. The Bertz CT molecular complexity index is 946. The standard InChI is InChI=1S/C25H24O4/c1-28-25(27)22-13-10-19(11-14-22)8-5-9-23-16-21(17-26)12-15-24(23)29-18-20-6-3-2-4-7-20/h2-4,6-7,10-17H,5,8-9,18H2,1H3. The Morgan fingerprint density at radius 2 is 1.66 bits per heavy atom. The number of methoxy groups -OCH3 is 1. The molecule has 0 spiro atoms. The summed E-state index contributed by atoms with van der Waals surface area (Å²) in [6.45, 7) is 0.489. The van der Waals surface area contributed by atoms with Gasteiger partial charge in [-0.1, -0.05) is 42.5 Å². The fraction of sp³-hybridized carbons (Fsp3) is 0.200. The summed E-state index contributed by atoms with van der Waals surface area (Å²) in [4.78, 5) is 22.7. The lowest BCUT2D eigenvalue weighted by Gasteiger charge is -2.12. The van der Waals surface area contributed by atoms with Crippen LogP contribution in [0.1, 0.15) is 43.8 Å². The molecule has 0 radical (unpaired) electrons. The maximum atomic E-state index is 11.5. The molecule has 0 bridgehead atoms. The van der Waals surface area contributed by atoms with Crippen LogP contribution in [0.15, 0.2) is 72.8 Å². The van der Waals surface area contributed by atoms with E-state index in [1.807, 2.05) is 54.6 Å². The van der Waals surface area contributed by atoms with Crippen LogP contribution in [0.25, 0.3) is 0 Å². The highest BCUT2D eigenvalue weighted by atomic mass is 16.5. The van der Waals surface area contributed by atoms with E-state index in [1.165, 1.54) is 7.11 Å². The van der Waals surface area contributed by atoms with Gasteiger partial charge in [-0.3, -0.25) is 4.79 Å². The summed E-state index contributed by atoms with van der Waals surface area (Å²) >= 11 is 0. The van der Waals surface area contributed by atoms with E-state index >= 15 is 0 Å². The van der Waals surface area contributed by atoms with Crippen molar-refractivity contribution in [3.63, 3.8) is 0 Å². The Kier molecular flexibility index (Phi) is 7.17. The first-order valence-electron chi connectivity index (χ1n) is 9.61. The molecular formula is C25H24O4. The van der Waals surface area contributed by atoms with Crippen molar-refractivity contribution in [2.24, 2.45) is 0 Å². The highest BCUT2D eigenvalue weighted by Gasteiger charge is 2.08.